The summed E-state index contributed by atoms with van der Waals surface area (Å²) in [6, 6.07) is 10.7. The molecule has 4 heterocycles. The molecule has 0 radical (unpaired) electrons. The third-order valence-corrected chi connectivity index (χ3v) is 7.69. The van der Waals surface area contributed by atoms with Gasteiger partial charge in [-0.3, -0.25) is 4.90 Å². The van der Waals surface area contributed by atoms with Gasteiger partial charge in [-0.15, -0.1) is 11.3 Å². The van der Waals surface area contributed by atoms with Gasteiger partial charge in [-0.1, -0.05) is 12.1 Å². The molecular formula is C24H33N7OS. The number of likely N-dealkylation sites (tertiary alicyclic amines) is 1. The molecule has 0 aliphatic carbocycles. The van der Waals surface area contributed by atoms with E-state index in [4.69, 9.17) is 20.4 Å². The van der Waals surface area contributed by atoms with E-state index < -0.39 is 0 Å². The first kappa shape index (κ1) is 22.3. The number of aromatic nitrogens is 2. The summed E-state index contributed by atoms with van der Waals surface area (Å²) in [6.07, 6.45) is 2.45. The van der Waals surface area contributed by atoms with Crippen molar-refractivity contribution >= 4 is 44.7 Å². The lowest BCUT2D eigenvalue weighted by molar-refractivity contribution is 0.122. The van der Waals surface area contributed by atoms with Crippen LogP contribution in [0.5, 0.6) is 0 Å². The van der Waals surface area contributed by atoms with Crippen molar-refractivity contribution in [2.75, 3.05) is 69.4 Å². The Balaban J connectivity index is 1.42. The molecule has 2 saturated heterocycles. The number of nitrogens with one attached hydrogen (secondary N) is 1. The number of nitrogens with two attached hydrogens (primary N) is 1. The highest BCUT2D eigenvalue weighted by atomic mass is 32.1. The van der Waals surface area contributed by atoms with Crippen molar-refractivity contribution in [3.05, 3.63) is 35.2 Å². The van der Waals surface area contributed by atoms with E-state index >= 15 is 0 Å². The molecule has 0 unspecified atom stereocenters. The van der Waals surface area contributed by atoms with E-state index in [1.807, 2.05) is 35.6 Å². The summed E-state index contributed by atoms with van der Waals surface area (Å²) in [5.74, 6) is 1.57. The molecular weight excluding hydrogens is 434 g/mol. The molecule has 5 rings (SSSR count). The smallest absolute Gasteiger partial charge is 0.229 e. The van der Waals surface area contributed by atoms with Crippen molar-refractivity contribution < 1.29 is 4.74 Å². The average molecular weight is 468 g/mol. The Morgan fingerprint density at radius 3 is 2.61 bits per heavy atom. The van der Waals surface area contributed by atoms with Crippen LogP contribution >= 0.6 is 11.3 Å². The van der Waals surface area contributed by atoms with Crippen LogP contribution in [0.1, 0.15) is 17.7 Å². The molecule has 2 aliphatic rings. The van der Waals surface area contributed by atoms with Crippen LogP contribution in [0.25, 0.3) is 10.2 Å². The highest BCUT2D eigenvalue weighted by Crippen LogP contribution is 2.35. The number of nitrogens with zero attached hydrogens (tertiary/aromatic N) is 5. The number of ether oxygens (including phenoxy) is 1. The average Bonchev–Trinajstić information content (AvgIpc) is 3.23. The molecule has 2 aromatic heterocycles. The summed E-state index contributed by atoms with van der Waals surface area (Å²) in [5.41, 5.74) is 8.64. The molecule has 176 valence electrons. The summed E-state index contributed by atoms with van der Waals surface area (Å²) in [4.78, 5) is 18.4. The monoisotopic (exact) mass is 467 g/mol. The van der Waals surface area contributed by atoms with Crippen LogP contribution in [-0.4, -0.2) is 79.3 Å². The Bertz CT molecular complexity index is 1090. The van der Waals surface area contributed by atoms with Crippen LogP contribution in [0.15, 0.2) is 30.3 Å². The first-order valence-corrected chi connectivity index (χ1v) is 12.5. The van der Waals surface area contributed by atoms with Crippen LogP contribution in [-0.2, 0) is 11.3 Å². The number of anilines is 4. The summed E-state index contributed by atoms with van der Waals surface area (Å²) < 4.78 is 6.74. The molecule has 0 spiro atoms. The molecule has 0 amide bonds. The summed E-state index contributed by atoms with van der Waals surface area (Å²) in [5, 5.41) is 3.33. The second-order valence-electron chi connectivity index (χ2n) is 9.08. The number of rotatable bonds is 6. The zero-order valence-electron chi connectivity index (χ0n) is 19.5. The van der Waals surface area contributed by atoms with E-state index in [2.05, 4.69) is 40.2 Å². The minimum absolute atomic E-state index is 0.582. The van der Waals surface area contributed by atoms with Crippen molar-refractivity contribution in [3.63, 3.8) is 0 Å². The van der Waals surface area contributed by atoms with Gasteiger partial charge in [-0.05, 0) is 45.1 Å². The first-order chi connectivity index (χ1) is 16.1. The summed E-state index contributed by atoms with van der Waals surface area (Å²) in [7, 11) is 4.37. The second-order valence-corrected chi connectivity index (χ2v) is 10.2. The van der Waals surface area contributed by atoms with E-state index in [0.29, 0.717) is 17.7 Å². The number of para-hydroxylation sites is 2. The summed E-state index contributed by atoms with van der Waals surface area (Å²) >= 11 is 1.82. The van der Waals surface area contributed by atoms with E-state index in [9.17, 15) is 0 Å². The molecule has 8 nitrogen and oxygen atoms in total. The molecule has 33 heavy (non-hydrogen) atoms. The fourth-order valence-corrected chi connectivity index (χ4v) is 5.79. The van der Waals surface area contributed by atoms with Crippen LogP contribution in [0.3, 0.4) is 0 Å². The van der Waals surface area contributed by atoms with E-state index in [0.717, 1.165) is 67.7 Å². The first-order valence-electron chi connectivity index (χ1n) is 11.7. The number of thiophene rings is 1. The molecule has 2 fully saturated rings. The van der Waals surface area contributed by atoms with Gasteiger partial charge < -0.3 is 25.6 Å². The molecule has 9 heteroatoms. The van der Waals surface area contributed by atoms with E-state index in [-0.39, 0.29) is 0 Å². The van der Waals surface area contributed by atoms with Crippen molar-refractivity contribution in [3.8, 4) is 0 Å². The SMILES string of the molecule is CN(C)C1CCN(Cc2cc3nc(Nc4ccccc4N)nc(N4CCOCC4)c3s2)CC1. The molecule has 3 aromatic rings. The largest absolute Gasteiger partial charge is 0.397 e. The van der Waals surface area contributed by atoms with Gasteiger partial charge in [0.05, 0.1) is 34.8 Å². The number of nitrogen functional groups attached to an aromatic ring is 1. The number of hydrogen-bond acceptors (Lipinski definition) is 9. The molecule has 2 aliphatic heterocycles. The highest BCUT2D eigenvalue weighted by molar-refractivity contribution is 7.19. The fraction of sp³-hybridized carbons (Fsp3) is 0.500. The van der Waals surface area contributed by atoms with Crippen LogP contribution in [0.4, 0.5) is 23.1 Å². The highest BCUT2D eigenvalue weighted by Gasteiger charge is 2.23. The molecule has 0 atom stereocenters. The predicted molar refractivity (Wildman–Crippen MR) is 137 cm³/mol. The van der Waals surface area contributed by atoms with Gasteiger partial charge in [-0.2, -0.15) is 4.98 Å². The van der Waals surface area contributed by atoms with Gasteiger partial charge in [0, 0.05) is 43.6 Å². The van der Waals surface area contributed by atoms with Crippen LogP contribution < -0.4 is 16.0 Å². The Morgan fingerprint density at radius 1 is 1.12 bits per heavy atom. The fourth-order valence-electron chi connectivity index (χ4n) is 4.63. The maximum atomic E-state index is 6.15. The topological polar surface area (TPSA) is 82.8 Å². The third kappa shape index (κ3) is 5.06. The minimum Gasteiger partial charge on any atom is -0.397 e. The maximum absolute atomic E-state index is 6.15. The second kappa shape index (κ2) is 9.80. The zero-order valence-corrected chi connectivity index (χ0v) is 20.3. The maximum Gasteiger partial charge on any atom is 0.229 e. The van der Waals surface area contributed by atoms with Gasteiger partial charge >= 0.3 is 0 Å². The number of benzene rings is 1. The van der Waals surface area contributed by atoms with E-state index in [1.165, 1.54) is 17.7 Å². The Kier molecular flexibility index (Phi) is 6.64. The number of piperidine rings is 1. The molecule has 3 N–H and O–H groups in total. The van der Waals surface area contributed by atoms with Crippen molar-refractivity contribution in [2.24, 2.45) is 0 Å². The lowest BCUT2D eigenvalue weighted by Crippen LogP contribution is -2.41. The molecule has 0 bridgehead atoms. The lowest BCUT2D eigenvalue weighted by Gasteiger charge is -2.34. The Labute approximate surface area is 199 Å². The van der Waals surface area contributed by atoms with Gasteiger partial charge in [0.2, 0.25) is 5.95 Å². The molecule has 1 aromatic carbocycles. The van der Waals surface area contributed by atoms with Gasteiger partial charge in [0.25, 0.3) is 0 Å². The van der Waals surface area contributed by atoms with Crippen molar-refractivity contribution in [1.82, 2.24) is 19.8 Å². The van der Waals surface area contributed by atoms with Gasteiger partial charge in [0.1, 0.15) is 0 Å². The minimum atomic E-state index is 0.582. The Hall–Kier alpha value is -2.46. The molecule has 0 saturated carbocycles. The van der Waals surface area contributed by atoms with Crippen molar-refractivity contribution in [2.45, 2.75) is 25.4 Å². The standard InChI is InChI=1S/C24H33N7OS/c1-29(2)17-7-9-30(10-8-17)16-18-15-21-22(33-18)23(31-11-13-32-14-12-31)28-24(27-21)26-20-6-4-3-5-19(20)25/h3-6,15,17H,7-14,16,25H2,1-2H3,(H,26,27,28). The van der Waals surface area contributed by atoms with Crippen LogP contribution in [0, 0.1) is 0 Å². The quantitative estimate of drug-likeness (QED) is 0.534. The number of fused-ring (bicyclic) bond motifs is 1. The van der Waals surface area contributed by atoms with Crippen molar-refractivity contribution in [1.29, 1.82) is 0 Å². The third-order valence-electron chi connectivity index (χ3n) is 6.59. The summed E-state index contributed by atoms with van der Waals surface area (Å²) in [6.45, 7) is 6.36. The predicted octanol–water partition coefficient (Wildman–Crippen LogP) is 3.38. The zero-order chi connectivity index (χ0) is 22.8. The van der Waals surface area contributed by atoms with Gasteiger partial charge in [-0.25, -0.2) is 4.98 Å². The van der Waals surface area contributed by atoms with Gasteiger partial charge in [0.15, 0.2) is 5.82 Å². The Morgan fingerprint density at radius 2 is 1.88 bits per heavy atom. The van der Waals surface area contributed by atoms with Crippen LogP contribution in [0.2, 0.25) is 0 Å². The van der Waals surface area contributed by atoms with E-state index in [1.54, 1.807) is 0 Å². The lowest BCUT2D eigenvalue weighted by atomic mass is 10.0. The number of morpholine rings is 1. The number of hydrogen-bond donors (Lipinski definition) is 2. The normalized spacial score (nSPS) is 18.3.